The fourth-order valence-corrected chi connectivity index (χ4v) is 0. The third kappa shape index (κ3) is 9.61. The molecule has 16 valence electrons. The van der Waals surface area contributed by atoms with Crippen LogP contribution in [0.25, 0.3) is 0 Å². The summed E-state index contributed by atoms with van der Waals surface area (Å²) < 4.78 is 0. The van der Waals surface area contributed by atoms with Crippen molar-refractivity contribution in [3.63, 3.8) is 0 Å². The first-order valence-electron chi connectivity index (χ1n) is 0. The smallest absolute Gasteiger partial charge is 2.00 e. The molecule has 0 bridgehead atoms. The molecule has 0 saturated carbocycles. The molecule has 0 rings (SSSR count). The Morgan fingerprint density at radius 3 is 1.00 bits per heavy atom. The molecule has 0 atom stereocenters. The summed E-state index contributed by atoms with van der Waals surface area (Å²) in [5.41, 5.74) is 0. The average molecular weight is 103 g/mol. The Morgan fingerprint density at radius 2 is 1.00 bits per heavy atom. The van der Waals surface area contributed by atoms with Gasteiger partial charge in [-0.3, -0.25) is 0 Å². The Kier molecular flexibility index (Phi) is 286. The quantitative estimate of drug-likeness (QED) is 0.280. The molecular formula is AlClMgO+2. The van der Waals surface area contributed by atoms with E-state index in [4.69, 9.17) is 0 Å². The topological polar surface area (TPSA) is 28.5 Å². The summed E-state index contributed by atoms with van der Waals surface area (Å²) >= 11 is 0. The first-order chi connectivity index (χ1) is 0. The Labute approximate surface area is 58.1 Å². The molecule has 0 aromatic rings. The second-order valence-electron chi connectivity index (χ2n) is 0. The molecule has 0 aliphatic carbocycles. The van der Waals surface area contributed by atoms with Crippen LogP contribution in [0, 0.1) is 0 Å². The fourth-order valence-electron chi connectivity index (χ4n) is 0. The molecule has 0 saturated heterocycles. The summed E-state index contributed by atoms with van der Waals surface area (Å²) in [4.78, 5) is 0. The van der Waals surface area contributed by atoms with E-state index >= 15 is 0 Å². The summed E-state index contributed by atoms with van der Waals surface area (Å²) in [6, 6.07) is 0. The molecule has 0 unspecified atom stereocenters. The van der Waals surface area contributed by atoms with Crippen LogP contribution in [0.3, 0.4) is 0 Å². The zero-order valence-corrected chi connectivity index (χ0v) is 5.40. The molecule has 0 aromatic carbocycles. The number of hydrogen-bond acceptors (Lipinski definition) is 0. The Balaban J connectivity index is 0. The number of rotatable bonds is 0. The minimum atomic E-state index is 0. The van der Waals surface area contributed by atoms with Crippen molar-refractivity contribution in [2.24, 2.45) is 0 Å². The second kappa shape index (κ2) is 23.9. The molecule has 0 aromatic heterocycles. The van der Waals surface area contributed by atoms with Gasteiger partial charge in [-0.15, -0.1) is 0 Å². The van der Waals surface area contributed by atoms with Crippen molar-refractivity contribution in [2.45, 2.75) is 0 Å². The maximum Gasteiger partial charge on any atom is 3.00 e. The summed E-state index contributed by atoms with van der Waals surface area (Å²) in [5, 5.41) is 0. The van der Waals surface area contributed by atoms with Crippen molar-refractivity contribution in [1.29, 1.82) is 0 Å². The summed E-state index contributed by atoms with van der Waals surface area (Å²) in [7, 11) is 0. The van der Waals surface area contributed by atoms with Gasteiger partial charge in [-0.05, 0) is 0 Å². The zero-order chi connectivity index (χ0) is 0. The van der Waals surface area contributed by atoms with Gasteiger partial charge < -0.3 is 17.9 Å². The van der Waals surface area contributed by atoms with Gasteiger partial charge in [0.05, 0.1) is 0 Å². The third-order valence-electron chi connectivity index (χ3n) is 0. The van der Waals surface area contributed by atoms with Crippen molar-refractivity contribution in [2.75, 3.05) is 0 Å². The zero-order valence-electron chi connectivity index (χ0n) is 2.07. The first kappa shape index (κ1) is 47.9. The Morgan fingerprint density at radius 1 is 1.00 bits per heavy atom. The van der Waals surface area contributed by atoms with Crippen molar-refractivity contribution in [3.05, 3.63) is 0 Å². The molecule has 0 spiro atoms. The largest absolute Gasteiger partial charge is 3.00 e. The first-order valence-corrected chi connectivity index (χ1v) is 0. The van der Waals surface area contributed by atoms with Gasteiger partial charge >= 0.3 is 40.4 Å². The van der Waals surface area contributed by atoms with E-state index in [1.165, 1.54) is 0 Å². The van der Waals surface area contributed by atoms with E-state index in [2.05, 4.69) is 0 Å². The van der Waals surface area contributed by atoms with E-state index in [-0.39, 0.29) is 58.3 Å². The van der Waals surface area contributed by atoms with E-state index in [0.717, 1.165) is 0 Å². The predicted octanol–water partition coefficient (Wildman–Crippen LogP) is -3.88. The standard InChI is InChI=1S/Al.ClH.Mg.O/h;1H;;/q+3;;+2;-2/p-1. The van der Waals surface area contributed by atoms with Crippen LogP contribution in [-0.4, -0.2) is 40.4 Å². The van der Waals surface area contributed by atoms with Crippen LogP contribution in [0.1, 0.15) is 0 Å². The van der Waals surface area contributed by atoms with E-state index in [1.54, 1.807) is 0 Å². The predicted molar refractivity (Wildman–Crippen MR) is 12.2 cm³/mol. The monoisotopic (exact) mass is 102 g/mol. The van der Waals surface area contributed by atoms with E-state index in [9.17, 15) is 0 Å². The van der Waals surface area contributed by atoms with Crippen molar-refractivity contribution in [3.8, 4) is 0 Å². The van der Waals surface area contributed by atoms with E-state index in [1.807, 2.05) is 0 Å². The van der Waals surface area contributed by atoms with E-state index < -0.39 is 0 Å². The maximum atomic E-state index is 0. The molecule has 0 heterocycles. The van der Waals surface area contributed by atoms with Crippen LogP contribution in [0.15, 0.2) is 0 Å². The minimum Gasteiger partial charge on any atom is -2.00 e. The second-order valence-corrected chi connectivity index (χ2v) is 0. The Bertz CT molecular complexity index is 8.00. The van der Waals surface area contributed by atoms with Gasteiger partial charge in [-0.2, -0.15) is 0 Å². The van der Waals surface area contributed by atoms with E-state index in [0.29, 0.717) is 0 Å². The SMILES string of the molecule is [Al+3].[Cl-].[Mg+2].[O-2]. The van der Waals surface area contributed by atoms with Gasteiger partial charge in [0, 0.05) is 0 Å². The molecule has 0 N–H and O–H groups in total. The molecule has 0 radical (unpaired) electrons. The van der Waals surface area contributed by atoms with Gasteiger partial charge in [0.25, 0.3) is 0 Å². The minimum absolute atomic E-state index is 0. The van der Waals surface area contributed by atoms with Gasteiger partial charge in [0.1, 0.15) is 0 Å². The molecule has 0 aliphatic rings. The van der Waals surface area contributed by atoms with Crippen molar-refractivity contribution >= 4 is 40.4 Å². The van der Waals surface area contributed by atoms with Gasteiger partial charge in [0.2, 0.25) is 0 Å². The maximum absolute atomic E-state index is 0. The molecular weight excluding hydrogens is 103 g/mol. The molecule has 4 heteroatoms. The Hall–Kier alpha value is 1.55. The number of halogens is 1. The molecule has 0 fully saturated rings. The van der Waals surface area contributed by atoms with Gasteiger partial charge in [-0.1, -0.05) is 0 Å². The molecule has 0 amide bonds. The normalized spacial score (nSPS) is 0. The third-order valence-corrected chi connectivity index (χ3v) is 0. The summed E-state index contributed by atoms with van der Waals surface area (Å²) in [6.45, 7) is 0. The molecule has 1 nitrogen and oxygen atoms in total. The van der Waals surface area contributed by atoms with Crippen LogP contribution >= 0.6 is 0 Å². The van der Waals surface area contributed by atoms with Gasteiger partial charge in [-0.25, -0.2) is 0 Å². The van der Waals surface area contributed by atoms with Crippen LogP contribution < -0.4 is 12.4 Å². The van der Waals surface area contributed by atoms with Crippen LogP contribution in [0.2, 0.25) is 0 Å². The number of hydrogen-bond donors (Lipinski definition) is 0. The fraction of sp³-hybridized carbons (Fsp3) is 0. The summed E-state index contributed by atoms with van der Waals surface area (Å²) in [5.74, 6) is 0. The average Bonchev–Trinajstić information content (AvgIpc) is 0. The van der Waals surface area contributed by atoms with Crippen LogP contribution in [0.4, 0.5) is 0 Å². The summed E-state index contributed by atoms with van der Waals surface area (Å²) in [6.07, 6.45) is 0. The van der Waals surface area contributed by atoms with Crippen LogP contribution in [-0.2, 0) is 5.48 Å². The molecule has 4 heavy (non-hydrogen) atoms. The molecule has 0 aliphatic heterocycles. The van der Waals surface area contributed by atoms with Gasteiger partial charge in [0.15, 0.2) is 0 Å². The van der Waals surface area contributed by atoms with Crippen LogP contribution in [0.5, 0.6) is 0 Å². The van der Waals surface area contributed by atoms with Crippen molar-refractivity contribution in [1.82, 2.24) is 0 Å². The van der Waals surface area contributed by atoms with Crippen molar-refractivity contribution < 1.29 is 17.9 Å².